The van der Waals surface area contributed by atoms with Crippen LogP contribution < -0.4 is 0 Å². The zero-order valence-electron chi connectivity index (χ0n) is 13.9. The van der Waals surface area contributed by atoms with Crippen LogP contribution in [0.5, 0.6) is 0 Å². The summed E-state index contributed by atoms with van der Waals surface area (Å²) in [6, 6.07) is 15.7. The van der Waals surface area contributed by atoms with E-state index in [9.17, 15) is 0 Å². The van der Waals surface area contributed by atoms with Gasteiger partial charge in [-0.2, -0.15) is 0 Å². The molecule has 6 rings (SSSR count). The maximum atomic E-state index is 4.78. The molecule has 0 bridgehead atoms. The summed E-state index contributed by atoms with van der Waals surface area (Å²) in [7, 11) is 0. The molecule has 0 fully saturated rings. The standard InChI is InChI=1S/C22H14N2S2/c1-2-13-3-4-15-8-17(12-24-22(15)21(13)23-6-1)20-11-16-10-18-14(5-7-25-18)9-19(16)26-20/h3-12H,1-2H2. The summed E-state index contributed by atoms with van der Waals surface area (Å²) < 4.78 is 2.68. The fraction of sp³-hybridized carbons (Fsp3) is 0.0909. The first-order valence-electron chi connectivity index (χ1n) is 8.70. The third kappa shape index (κ3) is 2.16. The Morgan fingerprint density at radius 2 is 1.85 bits per heavy atom. The number of aliphatic imine (C=N–C) groups is 1. The van der Waals surface area contributed by atoms with Gasteiger partial charge in [0, 0.05) is 37.6 Å². The van der Waals surface area contributed by atoms with Crippen molar-refractivity contribution in [2.45, 2.75) is 12.8 Å². The number of aryl methyl sites for hydroxylation is 1. The van der Waals surface area contributed by atoms with Gasteiger partial charge < -0.3 is 0 Å². The van der Waals surface area contributed by atoms with Gasteiger partial charge in [-0.25, -0.2) is 0 Å². The lowest BCUT2D eigenvalue weighted by atomic mass is 10.0. The van der Waals surface area contributed by atoms with Crippen molar-refractivity contribution in [1.29, 1.82) is 0 Å². The Hall–Kier alpha value is -2.56. The Kier molecular flexibility index (Phi) is 3.07. The number of aromatic nitrogens is 1. The zero-order chi connectivity index (χ0) is 17.1. The van der Waals surface area contributed by atoms with Gasteiger partial charge in [0.25, 0.3) is 0 Å². The summed E-state index contributed by atoms with van der Waals surface area (Å²) >= 11 is 3.64. The molecular formula is C22H14N2S2. The van der Waals surface area contributed by atoms with Gasteiger partial charge in [-0.05, 0) is 64.9 Å². The van der Waals surface area contributed by atoms with E-state index >= 15 is 0 Å². The molecule has 4 heterocycles. The van der Waals surface area contributed by atoms with Crippen molar-refractivity contribution in [3.8, 4) is 10.4 Å². The van der Waals surface area contributed by atoms with Gasteiger partial charge >= 0.3 is 0 Å². The van der Waals surface area contributed by atoms with E-state index in [0.717, 1.165) is 24.0 Å². The van der Waals surface area contributed by atoms with E-state index < -0.39 is 0 Å². The molecule has 2 nitrogen and oxygen atoms in total. The number of rotatable bonds is 1. The number of benzene rings is 2. The summed E-state index contributed by atoms with van der Waals surface area (Å²) in [5.74, 6) is 0. The Bertz CT molecular complexity index is 1290. The van der Waals surface area contributed by atoms with Crippen molar-refractivity contribution in [2.75, 3.05) is 0 Å². The lowest BCUT2D eigenvalue weighted by Gasteiger charge is -2.12. The molecule has 5 aromatic rings. The minimum Gasteiger partial charge on any atom is -0.259 e. The molecule has 2 aromatic carbocycles. The second kappa shape index (κ2) is 5.47. The second-order valence-corrected chi connectivity index (χ2v) is 8.71. The van der Waals surface area contributed by atoms with Crippen LogP contribution in [0.4, 0.5) is 5.69 Å². The van der Waals surface area contributed by atoms with Gasteiger partial charge in [-0.15, -0.1) is 22.7 Å². The van der Waals surface area contributed by atoms with Gasteiger partial charge in [0.1, 0.15) is 0 Å². The van der Waals surface area contributed by atoms with E-state index in [4.69, 9.17) is 4.98 Å². The average molecular weight is 371 g/mol. The molecule has 0 saturated heterocycles. The number of hydrogen-bond acceptors (Lipinski definition) is 4. The summed E-state index contributed by atoms with van der Waals surface area (Å²) in [5.41, 5.74) is 4.56. The average Bonchev–Trinajstić information content (AvgIpc) is 3.31. The van der Waals surface area contributed by atoms with Crippen molar-refractivity contribution < 1.29 is 0 Å². The number of pyridine rings is 1. The first-order chi connectivity index (χ1) is 12.8. The molecule has 0 spiro atoms. The Morgan fingerprint density at radius 1 is 0.885 bits per heavy atom. The molecule has 3 aromatic heterocycles. The van der Waals surface area contributed by atoms with Crippen LogP contribution in [0, 0.1) is 0 Å². The third-order valence-corrected chi connectivity index (χ3v) is 7.08. The highest BCUT2D eigenvalue weighted by Crippen LogP contribution is 2.39. The maximum absolute atomic E-state index is 4.78. The molecule has 0 N–H and O–H groups in total. The van der Waals surface area contributed by atoms with E-state index in [1.807, 2.05) is 23.7 Å². The molecule has 1 aliphatic heterocycles. The minimum atomic E-state index is 1.02. The lowest BCUT2D eigenvalue weighted by molar-refractivity contribution is 1.03. The van der Waals surface area contributed by atoms with Crippen molar-refractivity contribution in [1.82, 2.24) is 4.98 Å². The number of nitrogens with zero attached hydrogens (tertiary/aromatic N) is 2. The van der Waals surface area contributed by atoms with Crippen molar-refractivity contribution >= 4 is 65.7 Å². The van der Waals surface area contributed by atoms with Gasteiger partial charge in [-0.1, -0.05) is 12.1 Å². The lowest BCUT2D eigenvalue weighted by Crippen LogP contribution is -1.95. The highest BCUT2D eigenvalue weighted by atomic mass is 32.1. The van der Waals surface area contributed by atoms with E-state index in [0.29, 0.717) is 0 Å². The molecule has 0 amide bonds. The van der Waals surface area contributed by atoms with Crippen molar-refractivity contribution in [3.05, 3.63) is 59.6 Å². The van der Waals surface area contributed by atoms with Gasteiger partial charge in [0.15, 0.2) is 0 Å². The molecule has 4 heteroatoms. The van der Waals surface area contributed by atoms with Gasteiger partial charge in [0.2, 0.25) is 0 Å². The predicted octanol–water partition coefficient (Wildman–Crippen LogP) is 6.98. The number of fused-ring (bicyclic) bond motifs is 5. The molecule has 124 valence electrons. The topological polar surface area (TPSA) is 25.2 Å². The van der Waals surface area contributed by atoms with Crippen molar-refractivity contribution in [2.24, 2.45) is 4.99 Å². The molecule has 0 radical (unpaired) electrons. The van der Waals surface area contributed by atoms with Crippen molar-refractivity contribution in [3.63, 3.8) is 0 Å². The van der Waals surface area contributed by atoms with Crippen LogP contribution in [0.1, 0.15) is 12.0 Å². The predicted molar refractivity (Wildman–Crippen MR) is 114 cm³/mol. The van der Waals surface area contributed by atoms with Crippen LogP contribution in [0.2, 0.25) is 0 Å². The third-order valence-electron chi connectivity index (χ3n) is 5.05. The summed E-state index contributed by atoms with van der Waals surface area (Å²) in [6.45, 7) is 0. The quantitative estimate of drug-likeness (QED) is 0.312. The normalized spacial score (nSPS) is 13.7. The fourth-order valence-electron chi connectivity index (χ4n) is 3.72. The maximum Gasteiger partial charge on any atom is 0.0961 e. The smallest absolute Gasteiger partial charge is 0.0961 e. The largest absolute Gasteiger partial charge is 0.259 e. The van der Waals surface area contributed by atoms with E-state index in [2.05, 4.69) is 52.8 Å². The highest BCUT2D eigenvalue weighted by Gasteiger charge is 2.13. The molecule has 0 atom stereocenters. The van der Waals surface area contributed by atoms with Crippen LogP contribution in [0.15, 0.2) is 59.0 Å². The van der Waals surface area contributed by atoms with Crippen LogP contribution >= 0.6 is 22.7 Å². The molecule has 0 saturated carbocycles. The first kappa shape index (κ1) is 14.6. The molecule has 26 heavy (non-hydrogen) atoms. The molecular weight excluding hydrogens is 356 g/mol. The SMILES string of the molecule is C1=Nc2c(ccc3cc(-c4cc5cc6sccc6cc5s4)cnc23)CC1. The first-order valence-corrected chi connectivity index (χ1v) is 10.4. The van der Waals surface area contributed by atoms with E-state index in [1.54, 1.807) is 11.3 Å². The monoisotopic (exact) mass is 370 g/mol. The molecule has 1 aliphatic rings. The van der Waals surface area contributed by atoms with Crippen LogP contribution in [-0.2, 0) is 6.42 Å². The minimum absolute atomic E-state index is 1.02. The van der Waals surface area contributed by atoms with Gasteiger partial charge in [0.05, 0.1) is 11.2 Å². The summed E-state index contributed by atoms with van der Waals surface area (Å²) in [5, 5.41) is 5.97. The second-order valence-electron chi connectivity index (χ2n) is 6.68. The molecule has 0 aliphatic carbocycles. The molecule has 0 unspecified atom stereocenters. The Balaban J connectivity index is 1.53. The zero-order valence-corrected chi connectivity index (χ0v) is 15.5. The van der Waals surface area contributed by atoms with Crippen LogP contribution in [-0.4, -0.2) is 11.2 Å². The Labute approximate surface area is 158 Å². The van der Waals surface area contributed by atoms with E-state index in [1.165, 1.54) is 41.6 Å². The van der Waals surface area contributed by atoms with Gasteiger partial charge in [-0.3, -0.25) is 9.98 Å². The van der Waals surface area contributed by atoms with Crippen LogP contribution in [0.25, 0.3) is 41.5 Å². The fourth-order valence-corrected chi connectivity index (χ4v) is 5.61. The number of thiophene rings is 2. The Morgan fingerprint density at radius 3 is 2.85 bits per heavy atom. The summed E-state index contributed by atoms with van der Waals surface area (Å²) in [4.78, 5) is 10.7. The van der Waals surface area contributed by atoms with Crippen LogP contribution in [0.3, 0.4) is 0 Å². The van der Waals surface area contributed by atoms with E-state index in [-0.39, 0.29) is 0 Å². The highest BCUT2D eigenvalue weighted by molar-refractivity contribution is 7.22. The number of hydrogen-bond donors (Lipinski definition) is 0. The summed E-state index contributed by atoms with van der Waals surface area (Å²) in [6.07, 6.45) is 6.09.